The van der Waals surface area contributed by atoms with Gasteiger partial charge < -0.3 is 19.6 Å². The van der Waals surface area contributed by atoms with E-state index in [2.05, 4.69) is 15.4 Å². The molecule has 15 heteroatoms. The van der Waals surface area contributed by atoms with Crippen LogP contribution in [0.15, 0.2) is 0 Å². The molecule has 0 aromatic carbocycles. The Morgan fingerprint density at radius 1 is 0.741 bits per heavy atom. The van der Waals surface area contributed by atoms with E-state index in [1.165, 1.54) is 44.9 Å². The molecular formula is C12H31NaO11P2S. The van der Waals surface area contributed by atoms with Gasteiger partial charge in [-0.2, -0.15) is 12.7 Å². The summed E-state index contributed by atoms with van der Waals surface area (Å²) in [5.74, 6) is 0. The van der Waals surface area contributed by atoms with E-state index in [-0.39, 0.29) is 36.2 Å². The van der Waals surface area contributed by atoms with Crippen LogP contribution in [0.25, 0.3) is 0 Å². The number of rotatable bonds is 14. The Hall–Kier alpha value is 1.13. The van der Waals surface area contributed by atoms with Crippen molar-refractivity contribution < 1.29 is 50.2 Å². The summed E-state index contributed by atoms with van der Waals surface area (Å²) in [6.07, 6.45) is 11.9. The van der Waals surface area contributed by atoms with Gasteiger partial charge in [0.05, 0.1) is 6.61 Å². The normalized spacial score (nSPS) is 12.1. The average Bonchev–Trinajstić information content (AvgIpc) is 2.40. The first-order valence-corrected chi connectivity index (χ1v) is 12.6. The molecular weight excluding hydrogens is 437 g/mol. The zero-order valence-corrected chi connectivity index (χ0v) is 17.4. The first-order valence-electron chi connectivity index (χ1n) is 8.21. The molecule has 0 bridgehead atoms. The van der Waals surface area contributed by atoms with Gasteiger partial charge in [-0.1, -0.05) is 64.7 Å². The Morgan fingerprint density at radius 3 is 1.33 bits per heavy atom. The predicted octanol–water partition coefficient (Wildman–Crippen LogP) is 2.27. The molecule has 0 aromatic heterocycles. The Morgan fingerprint density at radius 2 is 1.07 bits per heavy atom. The topological polar surface area (TPSA) is 188 Å². The van der Waals surface area contributed by atoms with Crippen molar-refractivity contribution >= 4 is 55.6 Å². The van der Waals surface area contributed by atoms with Crippen molar-refractivity contribution in [1.29, 1.82) is 0 Å². The van der Waals surface area contributed by atoms with E-state index < -0.39 is 26.0 Å². The van der Waals surface area contributed by atoms with E-state index in [9.17, 15) is 17.5 Å². The molecule has 0 aliphatic rings. The molecule has 0 fully saturated rings. The fourth-order valence-corrected chi connectivity index (χ4v) is 3.33. The van der Waals surface area contributed by atoms with Crippen LogP contribution in [0.4, 0.5) is 0 Å². The van der Waals surface area contributed by atoms with Crippen LogP contribution in [0.3, 0.4) is 0 Å². The van der Waals surface area contributed by atoms with Gasteiger partial charge in [0.15, 0.2) is 0 Å². The average molecular weight is 468 g/mol. The number of unbranched alkanes of at least 4 members (excludes halogenated alkanes) is 9. The molecule has 0 aromatic rings. The van der Waals surface area contributed by atoms with Crippen molar-refractivity contribution in [2.24, 2.45) is 0 Å². The maximum absolute atomic E-state index is 10.2. The molecule has 162 valence electrons. The standard InChI is InChI=1S/C12H26O4S.Na.H4O7P2.H/c1-2-3-4-5-6-7-8-9-10-11-12-16-17(13,14)15;;1-8(2,3)7-9(4,5)6;/h2-12H2,1H3,(H,13,14,15);;(H2,1,2,3)(H2,4,5,6);. The summed E-state index contributed by atoms with van der Waals surface area (Å²) in [6.45, 7) is 2.31. The zero-order valence-electron chi connectivity index (χ0n) is 14.8. The number of phosphoric acid groups is 2. The van der Waals surface area contributed by atoms with Gasteiger partial charge in [0, 0.05) is 0 Å². The SMILES string of the molecule is CCCCCCCCCCCCOS(=O)(=O)O.O=P(O)(O)OP(=O)(O)O.[NaH]. The van der Waals surface area contributed by atoms with Gasteiger partial charge in [0.25, 0.3) is 0 Å². The van der Waals surface area contributed by atoms with E-state index in [1.807, 2.05) is 0 Å². The molecule has 27 heavy (non-hydrogen) atoms. The molecule has 11 nitrogen and oxygen atoms in total. The predicted molar refractivity (Wildman–Crippen MR) is 102 cm³/mol. The van der Waals surface area contributed by atoms with Gasteiger partial charge in [-0.3, -0.25) is 4.55 Å². The van der Waals surface area contributed by atoms with E-state index in [0.29, 0.717) is 6.42 Å². The number of hydrogen-bond donors (Lipinski definition) is 5. The van der Waals surface area contributed by atoms with Crippen LogP contribution in [-0.4, -0.2) is 68.7 Å². The zero-order chi connectivity index (χ0) is 20.7. The quantitative estimate of drug-likeness (QED) is 0.109. The van der Waals surface area contributed by atoms with Gasteiger partial charge in [0.1, 0.15) is 0 Å². The van der Waals surface area contributed by atoms with Crippen molar-refractivity contribution in [3.05, 3.63) is 0 Å². The first-order chi connectivity index (χ1) is 11.8. The minimum absolute atomic E-state index is 0. The Labute approximate surface area is 183 Å². The van der Waals surface area contributed by atoms with Gasteiger partial charge in [-0.25, -0.2) is 13.3 Å². The second-order valence-electron chi connectivity index (χ2n) is 5.49. The van der Waals surface area contributed by atoms with Gasteiger partial charge in [-0.15, -0.1) is 0 Å². The van der Waals surface area contributed by atoms with Crippen molar-refractivity contribution in [3.63, 3.8) is 0 Å². The Kier molecular flexibility index (Phi) is 21.8. The van der Waals surface area contributed by atoms with E-state index in [0.717, 1.165) is 12.8 Å². The van der Waals surface area contributed by atoms with Crippen LogP contribution < -0.4 is 0 Å². The summed E-state index contributed by atoms with van der Waals surface area (Å²) in [7, 11) is -14.3. The van der Waals surface area contributed by atoms with Crippen LogP contribution in [0.1, 0.15) is 71.1 Å². The molecule has 0 spiro atoms. The fraction of sp³-hybridized carbons (Fsp3) is 1.00. The summed E-state index contributed by atoms with van der Waals surface area (Å²) in [4.78, 5) is 31.0. The molecule has 0 atom stereocenters. The van der Waals surface area contributed by atoms with Crippen LogP contribution >= 0.6 is 15.6 Å². The van der Waals surface area contributed by atoms with Crippen LogP contribution in [-0.2, 0) is 28.0 Å². The molecule has 0 aliphatic carbocycles. The summed E-state index contributed by atoms with van der Waals surface area (Å²) in [6, 6.07) is 0. The molecule has 0 aliphatic heterocycles. The molecule has 0 rings (SSSR count). The second kappa shape index (κ2) is 17.9. The Bertz CT molecular complexity index is 511. The molecule has 5 N–H and O–H groups in total. The van der Waals surface area contributed by atoms with Crippen LogP contribution in [0, 0.1) is 0 Å². The molecule has 0 saturated heterocycles. The molecule has 0 amide bonds. The summed E-state index contributed by atoms with van der Waals surface area (Å²) in [5.41, 5.74) is 0. The fourth-order valence-electron chi connectivity index (χ4n) is 1.89. The molecule has 0 heterocycles. The monoisotopic (exact) mass is 468 g/mol. The van der Waals surface area contributed by atoms with Crippen molar-refractivity contribution in [2.75, 3.05) is 6.61 Å². The molecule has 0 saturated carbocycles. The van der Waals surface area contributed by atoms with Gasteiger partial charge in [0.2, 0.25) is 0 Å². The molecule has 0 radical (unpaired) electrons. The summed E-state index contributed by atoms with van der Waals surface area (Å²) >= 11 is 0. The van der Waals surface area contributed by atoms with Crippen LogP contribution in [0.2, 0.25) is 0 Å². The van der Waals surface area contributed by atoms with E-state index in [1.54, 1.807) is 0 Å². The third-order valence-corrected chi connectivity index (χ3v) is 5.11. The first kappa shape index (κ1) is 32.8. The van der Waals surface area contributed by atoms with Crippen molar-refractivity contribution in [3.8, 4) is 0 Å². The minimum atomic E-state index is -5.05. The van der Waals surface area contributed by atoms with Crippen LogP contribution in [0.5, 0.6) is 0 Å². The summed E-state index contributed by atoms with van der Waals surface area (Å²) < 4.78 is 55.2. The maximum atomic E-state index is 10.2. The molecule has 0 unspecified atom stereocenters. The number of hydrogen-bond acceptors (Lipinski definition) is 6. The van der Waals surface area contributed by atoms with Gasteiger partial charge >= 0.3 is 55.6 Å². The Balaban J connectivity index is -0.000000491. The van der Waals surface area contributed by atoms with Crippen molar-refractivity contribution in [1.82, 2.24) is 0 Å². The second-order valence-corrected chi connectivity index (χ2v) is 9.20. The third-order valence-electron chi connectivity index (χ3n) is 2.94. The summed E-state index contributed by atoms with van der Waals surface area (Å²) in [5, 5.41) is 0. The van der Waals surface area contributed by atoms with Gasteiger partial charge in [-0.05, 0) is 6.42 Å². The third kappa shape index (κ3) is 38.4. The van der Waals surface area contributed by atoms with E-state index in [4.69, 9.17) is 24.1 Å². The van der Waals surface area contributed by atoms with E-state index >= 15 is 0 Å². The van der Waals surface area contributed by atoms with Crippen molar-refractivity contribution in [2.45, 2.75) is 71.1 Å².